The highest BCUT2D eigenvalue weighted by molar-refractivity contribution is 7.16. The molecule has 5 atom stereocenters. The summed E-state index contributed by atoms with van der Waals surface area (Å²) >= 11 is 7.92. The first kappa shape index (κ1) is 54.2. The van der Waals surface area contributed by atoms with Crippen LogP contribution in [-0.4, -0.2) is 117 Å². The molecule has 8 heterocycles. The number of β-amino-alcohol motifs (C(OH)–C–C–N with tert-alkyl or cyclic N) is 1. The molecule has 12 rings (SSSR count). The molecule has 0 unspecified atom stereocenters. The average Bonchev–Trinajstić information content (AvgIpc) is 3.31. The number of fused-ring (bicyclic) bond motifs is 4. The molecule has 7 aromatic rings. The second kappa shape index (κ2) is 21.8. The number of nitriles is 1. The molecule has 22 heteroatoms. The normalized spacial score (nSPS) is 21.4. The summed E-state index contributed by atoms with van der Waals surface area (Å²) in [6, 6.07) is 11.6. The quantitative estimate of drug-likeness (QED) is 0.0865. The lowest BCUT2D eigenvalue weighted by atomic mass is 9.63. The largest absolute Gasteiger partial charge is 0.477 e. The fourth-order valence-electron chi connectivity index (χ4n) is 12.8. The van der Waals surface area contributed by atoms with E-state index in [9.17, 15) is 20.0 Å². The minimum absolute atomic E-state index is 0.0375. The first-order chi connectivity index (χ1) is 39.1. The summed E-state index contributed by atoms with van der Waals surface area (Å²) < 4.78 is 20.8. The molecule has 3 fully saturated rings. The van der Waals surface area contributed by atoms with Crippen molar-refractivity contribution in [3.63, 3.8) is 0 Å². The minimum Gasteiger partial charge on any atom is -0.477 e. The zero-order valence-corrected chi connectivity index (χ0v) is 47.4. The molecule has 3 aliphatic carbocycles. The Bertz CT molecular complexity index is 3510. The number of ether oxygens (including phenoxy) is 2. The highest BCUT2D eigenvalue weighted by atomic mass is 35.5. The van der Waals surface area contributed by atoms with Gasteiger partial charge >= 0.3 is 0 Å². The summed E-state index contributed by atoms with van der Waals surface area (Å²) in [6.45, 7) is 10.9. The number of hydrogen-bond donors (Lipinski definition) is 3. The Labute approximate surface area is 478 Å². The predicted octanol–water partition coefficient (Wildman–Crippen LogP) is 8.96. The maximum absolute atomic E-state index is 14.7. The summed E-state index contributed by atoms with van der Waals surface area (Å²) in [4.78, 5) is 56.1. The number of aryl methyl sites for hydroxylation is 1. The molecule has 6 aromatic heterocycles. The van der Waals surface area contributed by atoms with E-state index in [4.69, 9.17) is 41.3 Å². The Morgan fingerprint density at radius 1 is 1.02 bits per heavy atom. The second-order valence-electron chi connectivity index (χ2n) is 23.8. The molecule has 20 nitrogen and oxygen atoms in total. The van der Waals surface area contributed by atoms with Gasteiger partial charge in [0, 0.05) is 65.4 Å². The molecule has 1 aromatic carbocycles. The van der Waals surface area contributed by atoms with E-state index in [1.54, 1.807) is 41.6 Å². The van der Waals surface area contributed by atoms with Gasteiger partial charge in [0.1, 0.15) is 29.5 Å². The van der Waals surface area contributed by atoms with E-state index in [2.05, 4.69) is 46.7 Å². The molecule has 420 valence electrons. The first-order valence-corrected chi connectivity index (χ1v) is 29.2. The number of piperidine rings is 1. The predicted molar refractivity (Wildman–Crippen MR) is 301 cm³/mol. The monoisotopic (exact) mass is 1130 g/mol. The van der Waals surface area contributed by atoms with Crippen LogP contribution in [0.2, 0.25) is 5.02 Å². The zero-order valence-electron chi connectivity index (χ0n) is 45.8. The molecule has 1 spiro atoms. The summed E-state index contributed by atoms with van der Waals surface area (Å²) in [5.41, 5.74) is 11.7. The van der Waals surface area contributed by atoms with Crippen LogP contribution in [0.15, 0.2) is 78.2 Å². The van der Waals surface area contributed by atoms with Crippen LogP contribution in [0.5, 0.6) is 17.5 Å². The first-order valence-electron chi connectivity index (χ1n) is 28.0. The Morgan fingerprint density at radius 2 is 1.78 bits per heavy atom. The fraction of sp³-hybridized carbons (Fsp3) is 0.475. The molecule has 2 aliphatic heterocycles. The van der Waals surface area contributed by atoms with Gasteiger partial charge in [-0.25, -0.2) is 14.6 Å². The summed E-state index contributed by atoms with van der Waals surface area (Å²) in [6.07, 6.45) is 18.0. The van der Waals surface area contributed by atoms with Gasteiger partial charge in [-0.15, -0.1) is 16.4 Å². The number of nitrogens with two attached hydrogens (primary N) is 1. The van der Waals surface area contributed by atoms with Crippen molar-refractivity contribution in [2.75, 3.05) is 38.5 Å². The topological polar surface area (TPSA) is 262 Å². The van der Waals surface area contributed by atoms with Crippen molar-refractivity contribution in [3.8, 4) is 46.2 Å². The fourth-order valence-corrected chi connectivity index (χ4v) is 14.2. The molecule has 2 amide bonds. The van der Waals surface area contributed by atoms with Crippen LogP contribution in [0.4, 0.5) is 5.00 Å². The highest BCUT2D eigenvalue weighted by Gasteiger charge is 2.50. The van der Waals surface area contributed by atoms with Crippen LogP contribution in [0.25, 0.3) is 22.6 Å². The number of nitrogens with one attached hydrogen (secondary N) is 1. The lowest BCUT2D eigenvalue weighted by molar-refractivity contribution is -0.144. The number of rotatable bonds is 15. The molecule has 0 radical (unpaired) electrons. The van der Waals surface area contributed by atoms with Gasteiger partial charge in [0.15, 0.2) is 23.0 Å². The van der Waals surface area contributed by atoms with E-state index in [1.165, 1.54) is 22.6 Å². The summed E-state index contributed by atoms with van der Waals surface area (Å²) in [7, 11) is 0. The number of likely N-dealkylation sites (tertiary alicyclic amines) is 2. The van der Waals surface area contributed by atoms with Gasteiger partial charge in [-0.05, 0) is 112 Å². The van der Waals surface area contributed by atoms with Crippen LogP contribution in [0, 0.1) is 22.2 Å². The van der Waals surface area contributed by atoms with E-state index >= 15 is 0 Å². The number of pyridine rings is 1. The van der Waals surface area contributed by atoms with Crippen LogP contribution in [-0.2, 0) is 27.8 Å². The number of anilines is 1. The highest BCUT2D eigenvalue weighted by Crippen LogP contribution is 2.55. The Hall–Kier alpha value is -7.38. The van der Waals surface area contributed by atoms with Crippen molar-refractivity contribution in [2.24, 2.45) is 10.8 Å². The number of carbonyl (C=O) groups excluding carboxylic acids is 2. The van der Waals surface area contributed by atoms with E-state index in [-0.39, 0.29) is 48.0 Å². The number of nitrogen functional groups attached to an aromatic ring is 1. The number of thiophene rings is 1. The van der Waals surface area contributed by atoms with Gasteiger partial charge in [-0.2, -0.15) is 15.2 Å². The third-order valence-corrected chi connectivity index (χ3v) is 18.5. The third kappa shape index (κ3) is 10.7. The summed E-state index contributed by atoms with van der Waals surface area (Å²) in [5, 5.41) is 39.3. The lowest BCUT2D eigenvalue weighted by Gasteiger charge is -2.39. The number of amides is 2. The Kier molecular flexibility index (Phi) is 14.6. The lowest BCUT2D eigenvalue weighted by Crippen LogP contribution is -2.50. The maximum Gasteiger partial charge on any atom is 0.248 e. The van der Waals surface area contributed by atoms with Gasteiger partial charge < -0.3 is 40.0 Å². The van der Waals surface area contributed by atoms with Crippen molar-refractivity contribution in [1.29, 1.82) is 5.26 Å². The van der Waals surface area contributed by atoms with Crippen molar-refractivity contribution in [2.45, 2.75) is 134 Å². The number of halogens is 1. The van der Waals surface area contributed by atoms with E-state index in [1.807, 2.05) is 58.2 Å². The second-order valence-corrected chi connectivity index (χ2v) is 25.3. The van der Waals surface area contributed by atoms with Gasteiger partial charge in [0.05, 0.1) is 58.9 Å². The zero-order chi connectivity index (χ0) is 56.2. The van der Waals surface area contributed by atoms with Gasteiger partial charge in [0.2, 0.25) is 23.6 Å². The molecule has 2 saturated heterocycles. The molecular weight excluding hydrogens is 1070 g/mol. The minimum atomic E-state index is -0.863. The average molecular weight is 1130 g/mol. The summed E-state index contributed by atoms with van der Waals surface area (Å²) in [5.74, 6) is 1.63. The van der Waals surface area contributed by atoms with Crippen LogP contribution in [0.3, 0.4) is 0 Å². The van der Waals surface area contributed by atoms with Crippen molar-refractivity contribution in [1.82, 2.24) is 60.2 Å². The Balaban J connectivity index is 0.694. The smallest absolute Gasteiger partial charge is 0.248 e. The van der Waals surface area contributed by atoms with Crippen LogP contribution in [0.1, 0.15) is 142 Å². The van der Waals surface area contributed by atoms with Gasteiger partial charge in [-0.3, -0.25) is 14.6 Å². The number of nitrogens with zero attached hydrogens (tertiary/aromatic N) is 12. The number of hydrogen-bond acceptors (Lipinski definition) is 18. The maximum atomic E-state index is 14.7. The van der Waals surface area contributed by atoms with Gasteiger partial charge in [-0.1, -0.05) is 67.0 Å². The molecule has 1 saturated carbocycles. The number of aliphatic hydroxyl groups is 1. The van der Waals surface area contributed by atoms with Crippen molar-refractivity contribution in [3.05, 3.63) is 117 Å². The number of benzene rings is 1. The van der Waals surface area contributed by atoms with E-state index < -0.39 is 29.0 Å². The number of aromatic nitrogens is 9. The van der Waals surface area contributed by atoms with E-state index in [0.29, 0.717) is 45.3 Å². The Morgan fingerprint density at radius 3 is 2.51 bits per heavy atom. The van der Waals surface area contributed by atoms with Crippen molar-refractivity contribution >= 4 is 39.8 Å². The number of carbonyl (C=O) groups is 2. The van der Waals surface area contributed by atoms with E-state index in [0.717, 1.165) is 128 Å². The SMILES string of the molecule is C[C@H](NC(=O)[C@@H]1C[C@@H](O)CN1C(=O)[C@@H](n1cc(C2CCN(CC3(COc4cc(Oc5cncnc5)nc(-c5noc6c5CCC[C@@]65CCCc6sc(N)c(C#N)c65)n4)CC3)CC2)nn1)C(C)(C)C)c1ccc(-c2cnccc2Cl)cc1. The standard InChI is InChI=1S/C59H65ClN14O6S/c1-34(35-9-11-36(12-10-35)42-28-63-20-13-43(42)60)66-55(76)45-23-38(75)29-73(45)56(77)51(57(2,3)4)74-30-44(69-71-74)37-14-21-72(22-15-37)31-58(18-19-58)32-78-47-24-48(79-39-26-64-33-65-27-39)68-54(67-47)50-40-7-5-16-59(52(40)80-70-50)17-6-8-46-49(59)41(25-61)53(62)81-46/h9-13,20,24,26-28,30,33-34,37-38,45,51,75H,5-8,14-19,21-23,29,31-32,62H2,1-4H3,(H,66,76)/t34-,38+,45-,51+,59-/m0/s1. The van der Waals surface area contributed by atoms with Crippen LogP contribution < -0.4 is 20.5 Å². The molecular formula is C59H65ClN14O6S. The van der Waals surface area contributed by atoms with Crippen LogP contribution >= 0.6 is 22.9 Å². The molecule has 4 N–H and O–H groups in total. The molecule has 5 aliphatic rings. The molecule has 81 heavy (non-hydrogen) atoms. The van der Waals surface area contributed by atoms with Crippen molar-refractivity contribution < 1.29 is 28.7 Å². The molecule has 0 bridgehead atoms. The third-order valence-electron chi connectivity index (χ3n) is 17.1. The number of aliphatic hydroxyl groups excluding tert-OH is 1. The van der Waals surface area contributed by atoms with Gasteiger partial charge in [0.25, 0.3) is 0 Å².